The van der Waals surface area contributed by atoms with Gasteiger partial charge in [0.1, 0.15) is 11.0 Å². The summed E-state index contributed by atoms with van der Waals surface area (Å²) in [5, 5.41) is 11.0. The molecule has 2 rings (SSSR count). The second-order valence-corrected chi connectivity index (χ2v) is 4.41. The van der Waals surface area contributed by atoms with E-state index in [1.165, 1.54) is 18.3 Å². The number of carboxylic acids is 1. The average Bonchev–Trinajstić information content (AvgIpc) is 2.43. The van der Waals surface area contributed by atoms with Gasteiger partial charge in [-0.15, -0.1) is 0 Å². The predicted octanol–water partition coefficient (Wildman–Crippen LogP) is 2.15. The van der Waals surface area contributed by atoms with Crippen LogP contribution in [0.15, 0.2) is 30.6 Å². The maximum absolute atomic E-state index is 13.1. The third kappa shape index (κ3) is 3.96. The number of aliphatic carboxylic acids is 1. The van der Waals surface area contributed by atoms with E-state index in [-0.39, 0.29) is 17.1 Å². The Morgan fingerprint density at radius 3 is 2.67 bits per heavy atom. The quantitative estimate of drug-likeness (QED) is 0.844. The van der Waals surface area contributed by atoms with Gasteiger partial charge < -0.3 is 10.4 Å². The predicted molar refractivity (Wildman–Crippen MR) is 72.7 cm³/mol. The van der Waals surface area contributed by atoms with Crippen molar-refractivity contribution >= 4 is 29.2 Å². The van der Waals surface area contributed by atoms with E-state index in [2.05, 4.69) is 15.3 Å². The summed E-state index contributed by atoms with van der Waals surface area (Å²) < 4.78 is 13.1. The van der Waals surface area contributed by atoms with Gasteiger partial charge in [0.25, 0.3) is 5.91 Å². The summed E-state index contributed by atoms with van der Waals surface area (Å²) in [7, 11) is 0. The highest BCUT2D eigenvalue weighted by atomic mass is 35.5. The highest BCUT2D eigenvalue weighted by Gasteiger charge is 2.13. The van der Waals surface area contributed by atoms with Crippen molar-refractivity contribution < 1.29 is 19.1 Å². The molecule has 2 aromatic heterocycles. The number of aromatic nitrogens is 2. The van der Waals surface area contributed by atoms with Crippen molar-refractivity contribution in [2.75, 3.05) is 5.32 Å². The summed E-state index contributed by atoms with van der Waals surface area (Å²) in [4.78, 5) is 29.9. The average molecular weight is 310 g/mol. The van der Waals surface area contributed by atoms with E-state index in [0.29, 0.717) is 11.4 Å². The maximum atomic E-state index is 13.1. The third-order valence-electron chi connectivity index (χ3n) is 2.47. The van der Waals surface area contributed by atoms with Crippen molar-refractivity contribution in [2.45, 2.75) is 6.42 Å². The van der Waals surface area contributed by atoms with Gasteiger partial charge in [-0.1, -0.05) is 11.6 Å². The molecule has 0 saturated heterocycles. The number of nitrogens with one attached hydrogen (secondary N) is 1. The number of nitrogens with zero attached hydrogens (tertiary/aromatic N) is 2. The number of carboxylic acid groups (broad SMARTS) is 1. The number of hydrogen-bond acceptors (Lipinski definition) is 4. The van der Waals surface area contributed by atoms with Crippen LogP contribution in [0.1, 0.15) is 16.1 Å². The van der Waals surface area contributed by atoms with Crippen molar-refractivity contribution in [3.63, 3.8) is 0 Å². The molecule has 6 nitrogen and oxygen atoms in total. The second-order valence-electron chi connectivity index (χ2n) is 4.05. The molecule has 0 spiro atoms. The zero-order chi connectivity index (χ0) is 15.4. The number of anilines is 1. The fraction of sp³-hybridized carbons (Fsp3) is 0.0769. The molecule has 108 valence electrons. The van der Waals surface area contributed by atoms with Gasteiger partial charge in [-0.2, -0.15) is 0 Å². The molecule has 0 aliphatic carbocycles. The Morgan fingerprint density at radius 2 is 2.05 bits per heavy atom. The van der Waals surface area contributed by atoms with Gasteiger partial charge in [0.15, 0.2) is 0 Å². The van der Waals surface area contributed by atoms with E-state index < -0.39 is 17.7 Å². The van der Waals surface area contributed by atoms with Gasteiger partial charge in [0, 0.05) is 0 Å². The summed E-state index contributed by atoms with van der Waals surface area (Å²) in [6.07, 6.45) is 1.99. The molecule has 0 fully saturated rings. The van der Waals surface area contributed by atoms with E-state index in [1.807, 2.05) is 0 Å². The fourth-order valence-corrected chi connectivity index (χ4v) is 1.73. The summed E-state index contributed by atoms with van der Waals surface area (Å²) in [5.74, 6) is -2.32. The minimum Gasteiger partial charge on any atom is -0.481 e. The smallest absolute Gasteiger partial charge is 0.309 e. The van der Waals surface area contributed by atoms with Gasteiger partial charge in [-0.3, -0.25) is 14.6 Å². The molecule has 0 aliphatic rings. The lowest BCUT2D eigenvalue weighted by Gasteiger charge is -2.06. The molecule has 2 N–H and O–H groups in total. The van der Waals surface area contributed by atoms with Crippen LogP contribution in [0.4, 0.5) is 10.1 Å². The molecule has 2 heterocycles. The highest BCUT2D eigenvalue weighted by molar-refractivity contribution is 6.33. The molecule has 1 amide bonds. The normalized spacial score (nSPS) is 10.2. The van der Waals surface area contributed by atoms with E-state index >= 15 is 0 Å². The van der Waals surface area contributed by atoms with Crippen LogP contribution in [0.3, 0.4) is 0 Å². The Hall–Kier alpha value is -2.54. The van der Waals surface area contributed by atoms with Crippen molar-refractivity contribution in [3.05, 3.63) is 52.8 Å². The molecule has 0 aromatic carbocycles. The van der Waals surface area contributed by atoms with Crippen LogP contribution in [-0.4, -0.2) is 27.0 Å². The number of amides is 1. The first-order valence-corrected chi connectivity index (χ1v) is 6.12. The van der Waals surface area contributed by atoms with E-state index in [4.69, 9.17) is 16.7 Å². The number of hydrogen-bond donors (Lipinski definition) is 2. The minimum atomic E-state index is -1.00. The minimum absolute atomic E-state index is 0.105. The number of rotatable bonds is 4. The molecule has 0 aliphatic heterocycles. The van der Waals surface area contributed by atoms with Gasteiger partial charge in [-0.25, -0.2) is 9.37 Å². The van der Waals surface area contributed by atoms with Gasteiger partial charge in [0.2, 0.25) is 0 Å². The Morgan fingerprint density at radius 1 is 1.29 bits per heavy atom. The topological polar surface area (TPSA) is 92.2 Å². The van der Waals surface area contributed by atoms with E-state index in [9.17, 15) is 14.0 Å². The monoisotopic (exact) mass is 309 g/mol. The lowest BCUT2D eigenvalue weighted by molar-refractivity contribution is -0.136. The van der Waals surface area contributed by atoms with Crippen LogP contribution < -0.4 is 5.32 Å². The Balaban J connectivity index is 2.12. The summed E-state index contributed by atoms with van der Waals surface area (Å²) in [6.45, 7) is 0. The van der Waals surface area contributed by atoms with E-state index in [1.54, 1.807) is 0 Å². The van der Waals surface area contributed by atoms with Crippen molar-refractivity contribution in [3.8, 4) is 0 Å². The molecule has 8 heteroatoms. The summed E-state index contributed by atoms with van der Waals surface area (Å²) in [5.41, 5.74) is 0.576. The van der Waals surface area contributed by atoms with Crippen LogP contribution in [0.25, 0.3) is 0 Å². The maximum Gasteiger partial charge on any atom is 0.309 e. The fourth-order valence-electron chi connectivity index (χ4n) is 1.54. The number of pyridine rings is 2. The van der Waals surface area contributed by atoms with Crippen LogP contribution >= 0.6 is 11.6 Å². The van der Waals surface area contributed by atoms with Crippen LogP contribution in [0.5, 0.6) is 0 Å². The zero-order valence-corrected chi connectivity index (χ0v) is 11.3. The first-order valence-electron chi connectivity index (χ1n) is 5.75. The van der Waals surface area contributed by atoms with Crippen LogP contribution in [0.2, 0.25) is 5.15 Å². The molecule has 0 saturated carbocycles. The van der Waals surface area contributed by atoms with E-state index in [0.717, 1.165) is 12.3 Å². The number of carbonyl (C=O) groups excluding carboxylic acids is 1. The zero-order valence-electron chi connectivity index (χ0n) is 10.5. The lowest BCUT2D eigenvalue weighted by Crippen LogP contribution is -2.14. The molecule has 2 aromatic rings. The Bertz CT molecular complexity index is 692. The molecular formula is C13H9ClFN3O3. The van der Waals surface area contributed by atoms with Crippen LogP contribution in [-0.2, 0) is 11.2 Å². The molecule has 0 atom stereocenters. The molecular weight excluding hydrogens is 301 g/mol. The van der Waals surface area contributed by atoms with Gasteiger partial charge in [0.05, 0.1) is 35.8 Å². The highest BCUT2D eigenvalue weighted by Crippen LogP contribution is 2.16. The summed E-state index contributed by atoms with van der Waals surface area (Å²) >= 11 is 5.72. The van der Waals surface area contributed by atoms with Gasteiger partial charge >= 0.3 is 5.97 Å². The number of halogens is 2. The van der Waals surface area contributed by atoms with Crippen LogP contribution in [0, 0.1) is 5.82 Å². The second kappa shape index (κ2) is 6.27. The number of carbonyl (C=O) groups is 2. The first-order chi connectivity index (χ1) is 9.95. The SMILES string of the molecule is O=C(O)Cc1ccc(NC(=O)c2cc(F)cnc2Cl)cn1. The Labute approximate surface area is 123 Å². The molecule has 0 radical (unpaired) electrons. The standard InChI is InChI=1S/C13H9ClFN3O3/c14-12-10(3-7(15)5-17-12)13(21)18-9-2-1-8(16-6-9)4-11(19)20/h1-3,5-6H,4H2,(H,18,21)(H,19,20). The third-order valence-corrected chi connectivity index (χ3v) is 2.77. The first kappa shape index (κ1) is 14.9. The summed E-state index contributed by atoms with van der Waals surface area (Å²) in [6, 6.07) is 3.93. The molecule has 0 bridgehead atoms. The Kier molecular flexibility index (Phi) is 4.44. The van der Waals surface area contributed by atoms with Crippen molar-refractivity contribution in [2.24, 2.45) is 0 Å². The lowest BCUT2D eigenvalue weighted by atomic mass is 10.2. The van der Waals surface area contributed by atoms with Gasteiger partial charge in [-0.05, 0) is 18.2 Å². The van der Waals surface area contributed by atoms with Crippen molar-refractivity contribution in [1.29, 1.82) is 0 Å². The molecule has 21 heavy (non-hydrogen) atoms. The van der Waals surface area contributed by atoms with Crippen molar-refractivity contribution in [1.82, 2.24) is 9.97 Å². The molecule has 0 unspecified atom stereocenters. The largest absolute Gasteiger partial charge is 0.481 e.